The smallest absolute Gasteiger partial charge is 0.675 e. The SMILES string of the molecule is CCC(C)[NH-].CCC(C)[NH-].CCC(C)[NH-].[Zr+4].c1cc[cH-]c1. The molecule has 0 saturated heterocycles. The molecule has 1 aromatic rings. The van der Waals surface area contributed by atoms with Gasteiger partial charge in [-0.15, -0.1) is 18.1 Å². The summed E-state index contributed by atoms with van der Waals surface area (Å²) in [6.07, 6.45) is 2.92. The monoisotopic (exact) mass is 371 g/mol. The maximum atomic E-state index is 6.83. The normalized spacial score (nSPS) is 12.6. The van der Waals surface area contributed by atoms with Crippen molar-refractivity contribution in [2.24, 2.45) is 0 Å². The summed E-state index contributed by atoms with van der Waals surface area (Å²) in [5, 5.41) is 0. The van der Waals surface area contributed by atoms with E-state index < -0.39 is 0 Å². The zero-order chi connectivity index (χ0) is 16.4. The Bertz CT molecular complexity index is 186. The summed E-state index contributed by atoms with van der Waals surface area (Å²) in [6.45, 7) is 11.7. The van der Waals surface area contributed by atoms with Gasteiger partial charge in [0.15, 0.2) is 0 Å². The second-order valence-corrected chi connectivity index (χ2v) is 4.89. The van der Waals surface area contributed by atoms with Crippen LogP contribution < -0.4 is 0 Å². The second-order valence-electron chi connectivity index (χ2n) is 4.89. The number of rotatable bonds is 3. The zero-order valence-electron chi connectivity index (χ0n) is 14.7. The molecular weight excluding hydrogens is 337 g/mol. The first kappa shape index (κ1) is 29.2. The van der Waals surface area contributed by atoms with E-state index in [1.807, 2.05) is 71.9 Å². The first-order valence-corrected chi connectivity index (χ1v) is 7.61. The van der Waals surface area contributed by atoms with Crippen molar-refractivity contribution in [2.45, 2.75) is 78.9 Å². The van der Waals surface area contributed by atoms with Crippen LogP contribution in [-0.2, 0) is 26.2 Å². The van der Waals surface area contributed by atoms with Gasteiger partial charge in [-0.2, -0.15) is 18.2 Å². The Balaban J connectivity index is -0.0000000903. The van der Waals surface area contributed by atoms with Crippen LogP contribution in [0.5, 0.6) is 0 Å². The van der Waals surface area contributed by atoms with Crippen LogP contribution in [-0.4, -0.2) is 18.1 Å². The summed E-state index contributed by atoms with van der Waals surface area (Å²) in [5.74, 6) is 0. The van der Waals surface area contributed by atoms with E-state index in [-0.39, 0.29) is 44.3 Å². The number of hydrogen-bond donors (Lipinski definition) is 0. The van der Waals surface area contributed by atoms with Crippen molar-refractivity contribution in [3.05, 3.63) is 47.5 Å². The van der Waals surface area contributed by atoms with Crippen LogP contribution in [0.4, 0.5) is 0 Å². The first-order chi connectivity index (χ1) is 9.31. The maximum absolute atomic E-state index is 6.83. The molecule has 3 nitrogen and oxygen atoms in total. The van der Waals surface area contributed by atoms with Gasteiger partial charge in [0, 0.05) is 0 Å². The average Bonchev–Trinajstić information content (AvgIpc) is 2.99. The van der Waals surface area contributed by atoms with Crippen LogP contribution in [0.3, 0.4) is 0 Å². The van der Waals surface area contributed by atoms with Gasteiger partial charge in [0.2, 0.25) is 0 Å². The Hall–Kier alpha value is 0.113. The minimum atomic E-state index is 0. The van der Waals surface area contributed by atoms with Crippen molar-refractivity contribution in [3.8, 4) is 0 Å². The third-order valence-corrected chi connectivity index (χ3v) is 2.39. The van der Waals surface area contributed by atoms with E-state index in [1.165, 1.54) is 0 Å². The van der Waals surface area contributed by atoms with Gasteiger partial charge in [0.25, 0.3) is 0 Å². The Morgan fingerprint density at radius 2 is 0.905 bits per heavy atom. The van der Waals surface area contributed by atoms with Gasteiger partial charge in [-0.3, -0.25) is 0 Å². The molecule has 1 rings (SSSR count). The number of hydrogen-bond acceptors (Lipinski definition) is 0. The molecule has 0 spiro atoms. The molecular formula is C17H35N3Zr. The molecule has 0 aliphatic carbocycles. The van der Waals surface area contributed by atoms with E-state index in [1.54, 1.807) is 0 Å². The average molecular weight is 373 g/mol. The molecule has 0 radical (unpaired) electrons. The van der Waals surface area contributed by atoms with E-state index in [0.717, 1.165) is 19.3 Å². The van der Waals surface area contributed by atoms with Crippen molar-refractivity contribution in [3.63, 3.8) is 0 Å². The van der Waals surface area contributed by atoms with Crippen LogP contribution in [0.25, 0.3) is 17.2 Å². The summed E-state index contributed by atoms with van der Waals surface area (Å²) < 4.78 is 0. The van der Waals surface area contributed by atoms with Crippen molar-refractivity contribution < 1.29 is 26.2 Å². The Kier molecular flexibility index (Phi) is 34.8. The topological polar surface area (TPSA) is 71.4 Å². The standard InChI is InChI=1S/C5H5.3C4H10N.Zr/c1-2-4-5-3-1;3*1-3-4(2)5;/h1-5H;3*4-5H,3H2,1-2H3;/q4*-1;+4. The van der Waals surface area contributed by atoms with Crippen LogP contribution >= 0.6 is 0 Å². The largest absolute Gasteiger partial charge is 4.00 e. The van der Waals surface area contributed by atoms with E-state index in [0.29, 0.717) is 0 Å². The summed E-state index contributed by atoms with van der Waals surface area (Å²) in [7, 11) is 0. The summed E-state index contributed by atoms with van der Waals surface area (Å²) in [5.41, 5.74) is 20.5. The fraction of sp³-hybridized carbons (Fsp3) is 0.706. The predicted molar refractivity (Wildman–Crippen MR) is 94.3 cm³/mol. The third kappa shape index (κ3) is 53.4. The molecule has 0 saturated carbocycles. The summed E-state index contributed by atoms with van der Waals surface area (Å²) in [6, 6.07) is 10.4. The third-order valence-electron chi connectivity index (χ3n) is 2.39. The molecule has 1 aromatic carbocycles. The van der Waals surface area contributed by atoms with Gasteiger partial charge < -0.3 is 17.2 Å². The Labute approximate surface area is 152 Å². The van der Waals surface area contributed by atoms with Crippen LogP contribution in [0.2, 0.25) is 0 Å². The fourth-order valence-electron chi connectivity index (χ4n) is 0.321. The minimum Gasteiger partial charge on any atom is -0.675 e. The molecule has 0 bridgehead atoms. The van der Waals surface area contributed by atoms with E-state index in [2.05, 4.69) is 0 Å². The van der Waals surface area contributed by atoms with Crippen molar-refractivity contribution in [2.75, 3.05) is 0 Å². The van der Waals surface area contributed by atoms with Crippen LogP contribution in [0, 0.1) is 0 Å². The molecule has 21 heavy (non-hydrogen) atoms. The molecule has 3 unspecified atom stereocenters. The van der Waals surface area contributed by atoms with Crippen molar-refractivity contribution >= 4 is 0 Å². The molecule has 0 aliphatic heterocycles. The maximum Gasteiger partial charge on any atom is 4.00 e. The molecule has 0 aromatic heterocycles. The van der Waals surface area contributed by atoms with Gasteiger partial charge in [-0.05, 0) is 0 Å². The van der Waals surface area contributed by atoms with E-state index in [4.69, 9.17) is 17.2 Å². The van der Waals surface area contributed by atoms with Crippen molar-refractivity contribution in [1.29, 1.82) is 0 Å². The second kappa shape index (κ2) is 25.1. The van der Waals surface area contributed by atoms with Crippen LogP contribution in [0.15, 0.2) is 30.3 Å². The van der Waals surface area contributed by atoms with Crippen LogP contribution in [0.1, 0.15) is 60.8 Å². The van der Waals surface area contributed by atoms with Gasteiger partial charge in [0.05, 0.1) is 0 Å². The first-order valence-electron chi connectivity index (χ1n) is 7.61. The predicted octanol–water partition coefficient (Wildman–Crippen LogP) is 6.91. The minimum absolute atomic E-state index is 0. The van der Waals surface area contributed by atoms with Gasteiger partial charge in [0.1, 0.15) is 0 Å². The summed E-state index contributed by atoms with van der Waals surface area (Å²) in [4.78, 5) is 0. The molecule has 3 atom stereocenters. The van der Waals surface area contributed by atoms with Crippen molar-refractivity contribution in [1.82, 2.24) is 0 Å². The molecule has 0 amide bonds. The molecule has 122 valence electrons. The molecule has 0 fully saturated rings. The van der Waals surface area contributed by atoms with E-state index in [9.17, 15) is 0 Å². The van der Waals surface area contributed by atoms with Gasteiger partial charge in [-0.1, -0.05) is 60.8 Å². The van der Waals surface area contributed by atoms with Gasteiger partial charge >= 0.3 is 26.2 Å². The number of nitrogens with one attached hydrogen (secondary N) is 3. The quantitative estimate of drug-likeness (QED) is 0.517. The Morgan fingerprint density at radius 3 is 0.952 bits per heavy atom. The molecule has 4 heteroatoms. The molecule has 0 heterocycles. The summed E-state index contributed by atoms with van der Waals surface area (Å²) >= 11 is 0. The zero-order valence-corrected chi connectivity index (χ0v) is 17.2. The van der Waals surface area contributed by atoms with Gasteiger partial charge in [-0.25, -0.2) is 12.1 Å². The Morgan fingerprint density at radius 1 is 0.714 bits per heavy atom. The molecule has 3 N–H and O–H groups in total. The fourth-order valence-corrected chi connectivity index (χ4v) is 0.321. The molecule has 0 aliphatic rings. The van der Waals surface area contributed by atoms with E-state index >= 15 is 0 Å².